The Morgan fingerprint density at radius 2 is 2.21 bits per heavy atom. The fraction of sp³-hybridized carbons (Fsp3) is 0.500. The molecular weight excluding hydrogens is 197 g/mol. The number of hydrogen-bond acceptors (Lipinski definition) is 2. The number of carbonyl (C=O) groups is 1. The van der Waals surface area contributed by atoms with Gasteiger partial charge in [-0.1, -0.05) is 0 Å². The maximum absolute atomic E-state index is 11.8. The Bertz CT molecular complexity index is 330. The standard InChI is InChI=1S/C8H9F3N2O/c1-2-13-5-6(4-12-13)7(14)3-8(9,10)11/h4-5H,2-3H2,1H3. The van der Waals surface area contributed by atoms with Crippen LogP contribution in [0.5, 0.6) is 0 Å². The zero-order chi connectivity index (χ0) is 10.8. The molecule has 6 heteroatoms. The van der Waals surface area contributed by atoms with E-state index in [1.54, 1.807) is 6.92 Å². The lowest BCUT2D eigenvalue weighted by Crippen LogP contribution is -2.14. The Balaban J connectivity index is 2.70. The van der Waals surface area contributed by atoms with Crippen LogP contribution < -0.4 is 0 Å². The van der Waals surface area contributed by atoms with Crippen LogP contribution in [0.25, 0.3) is 0 Å². The van der Waals surface area contributed by atoms with Gasteiger partial charge in [0.2, 0.25) is 0 Å². The number of ketones is 1. The molecule has 0 aliphatic rings. The predicted molar refractivity (Wildman–Crippen MR) is 42.9 cm³/mol. The summed E-state index contributed by atoms with van der Waals surface area (Å²) in [7, 11) is 0. The van der Waals surface area contributed by atoms with Gasteiger partial charge < -0.3 is 0 Å². The van der Waals surface area contributed by atoms with E-state index in [1.165, 1.54) is 10.9 Å². The molecule has 0 amide bonds. The Labute approximate surface area is 78.5 Å². The number of aryl methyl sites for hydroxylation is 1. The van der Waals surface area contributed by atoms with Crippen LogP contribution in [0.1, 0.15) is 23.7 Å². The molecule has 0 spiro atoms. The van der Waals surface area contributed by atoms with Gasteiger partial charge >= 0.3 is 6.18 Å². The molecule has 0 aromatic carbocycles. The molecule has 3 nitrogen and oxygen atoms in total. The fourth-order valence-electron chi connectivity index (χ4n) is 0.965. The summed E-state index contributed by atoms with van der Waals surface area (Å²) in [5.41, 5.74) is 0.00387. The second-order valence-electron chi connectivity index (χ2n) is 2.80. The molecule has 0 radical (unpaired) electrons. The van der Waals surface area contributed by atoms with Crippen molar-refractivity contribution < 1.29 is 18.0 Å². The average Bonchev–Trinajstić information content (AvgIpc) is 2.48. The number of halogens is 3. The molecule has 0 unspecified atom stereocenters. The third-order valence-electron chi connectivity index (χ3n) is 1.64. The van der Waals surface area contributed by atoms with Gasteiger partial charge in [-0.2, -0.15) is 18.3 Å². The van der Waals surface area contributed by atoms with Gasteiger partial charge in [0.15, 0.2) is 5.78 Å². The molecule has 0 saturated heterocycles. The van der Waals surface area contributed by atoms with Gasteiger partial charge in [-0.15, -0.1) is 0 Å². The summed E-state index contributed by atoms with van der Waals surface area (Å²) >= 11 is 0. The smallest absolute Gasteiger partial charge is 0.294 e. The van der Waals surface area contributed by atoms with Crippen LogP contribution in [0.3, 0.4) is 0 Å². The summed E-state index contributed by atoms with van der Waals surface area (Å²) in [4.78, 5) is 11.0. The summed E-state index contributed by atoms with van der Waals surface area (Å²) in [6.45, 7) is 2.31. The normalized spacial score (nSPS) is 11.7. The second kappa shape index (κ2) is 3.81. The molecule has 0 fully saturated rings. The van der Waals surface area contributed by atoms with Gasteiger partial charge in [0, 0.05) is 12.7 Å². The average molecular weight is 206 g/mol. The lowest BCUT2D eigenvalue weighted by molar-refractivity contribution is -0.125. The minimum atomic E-state index is -4.45. The first kappa shape index (κ1) is 10.7. The lowest BCUT2D eigenvalue weighted by Gasteiger charge is -2.02. The molecular formula is C8H9F3N2O. The zero-order valence-electron chi connectivity index (χ0n) is 7.51. The summed E-state index contributed by atoms with van der Waals surface area (Å²) in [5, 5.41) is 3.71. The molecule has 0 bridgehead atoms. The fourth-order valence-corrected chi connectivity index (χ4v) is 0.965. The maximum atomic E-state index is 11.8. The van der Waals surface area contributed by atoms with E-state index in [2.05, 4.69) is 5.10 Å². The first-order chi connectivity index (χ1) is 6.42. The third-order valence-corrected chi connectivity index (χ3v) is 1.64. The van der Waals surface area contributed by atoms with E-state index in [1.807, 2.05) is 0 Å². The summed E-state index contributed by atoms with van der Waals surface area (Å²) < 4.78 is 36.9. The van der Waals surface area contributed by atoms with Gasteiger partial charge in [-0.3, -0.25) is 9.48 Å². The molecule has 0 saturated carbocycles. The maximum Gasteiger partial charge on any atom is 0.396 e. The van der Waals surface area contributed by atoms with Crippen molar-refractivity contribution in [3.05, 3.63) is 18.0 Å². The Hall–Kier alpha value is -1.33. The van der Waals surface area contributed by atoms with E-state index in [0.29, 0.717) is 6.54 Å². The number of Topliss-reactive ketones (excluding diaryl/α,β-unsaturated/α-hetero) is 1. The number of carbonyl (C=O) groups excluding carboxylic acids is 1. The Kier molecular flexibility index (Phi) is 2.93. The van der Waals surface area contributed by atoms with Crippen LogP contribution in [-0.4, -0.2) is 21.7 Å². The third kappa shape index (κ3) is 2.86. The van der Waals surface area contributed by atoms with Gasteiger partial charge in [-0.05, 0) is 6.92 Å². The highest BCUT2D eigenvalue weighted by molar-refractivity contribution is 5.95. The van der Waals surface area contributed by atoms with E-state index >= 15 is 0 Å². The quantitative estimate of drug-likeness (QED) is 0.709. The van der Waals surface area contributed by atoms with Crippen molar-refractivity contribution in [1.82, 2.24) is 9.78 Å². The Morgan fingerprint density at radius 3 is 2.64 bits per heavy atom. The van der Waals surface area contributed by atoms with Crippen molar-refractivity contribution >= 4 is 5.78 Å². The van der Waals surface area contributed by atoms with E-state index in [9.17, 15) is 18.0 Å². The highest BCUT2D eigenvalue weighted by Crippen LogP contribution is 2.21. The van der Waals surface area contributed by atoms with Crippen LogP contribution in [0.15, 0.2) is 12.4 Å². The first-order valence-corrected chi connectivity index (χ1v) is 4.05. The second-order valence-corrected chi connectivity index (χ2v) is 2.80. The summed E-state index contributed by atoms with van der Waals surface area (Å²) in [6, 6.07) is 0. The molecule has 0 aliphatic heterocycles. The van der Waals surface area contributed by atoms with Gasteiger partial charge in [0.25, 0.3) is 0 Å². The van der Waals surface area contributed by atoms with Crippen LogP contribution in [-0.2, 0) is 6.54 Å². The molecule has 1 heterocycles. The largest absolute Gasteiger partial charge is 0.396 e. The number of rotatable bonds is 3. The predicted octanol–water partition coefficient (Wildman–Crippen LogP) is 2.04. The molecule has 0 N–H and O–H groups in total. The molecule has 0 aliphatic carbocycles. The van der Waals surface area contributed by atoms with E-state index in [-0.39, 0.29) is 5.56 Å². The van der Waals surface area contributed by atoms with Crippen molar-refractivity contribution in [3.63, 3.8) is 0 Å². The van der Waals surface area contributed by atoms with Crippen LogP contribution in [0, 0.1) is 0 Å². The topological polar surface area (TPSA) is 34.9 Å². The number of hydrogen-bond donors (Lipinski definition) is 0. The molecule has 78 valence electrons. The number of aromatic nitrogens is 2. The van der Waals surface area contributed by atoms with Gasteiger partial charge in [0.05, 0.1) is 11.8 Å². The number of nitrogens with zero attached hydrogens (tertiary/aromatic N) is 2. The Morgan fingerprint density at radius 1 is 1.57 bits per heavy atom. The van der Waals surface area contributed by atoms with Crippen LogP contribution >= 0.6 is 0 Å². The van der Waals surface area contributed by atoms with Crippen molar-refractivity contribution in [3.8, 4) is 0 Å². The SMILES string of the molecule is CCn1cc(C(=O)CC(F)(F)F)cn1. The molecule has 1 aromatic heterocycles. The van der Waals surface area contributed by atoms with Crippen LogP contribution in [0.4, 0.5) is 13.2 Å². The highest BCUT2D eigenvalue weighted by atomic mass is 19.4. The highest BCUT2D eigenvalue weighted by Gasteiger charge is 2.31. The minimum absolute atomic E-state index is 0.00387. The molecule has 1 aromatic rings. The van der Waals surface area contributed by atoms with Crippen LogP contribution in [0.2, 0.25) is 0 Å². The minimum Gasteiger partial charge on any atom is -0.294 e. The van der Waals surface area contributed by atoms with Crippen molar-refractivity contribution in [1.29, 1.82) is 0 Å². The first-order valence-electron chi connectivity index (χ1n) is 4.05. The number of alkyl halides is 3. The molecule has 14 heavy (non-hydrogen) atoms. The van der Waals surface area contributed by atoms with E-state index in [0.717, 1.165) is 6.20 Å². The van der Waals surface area contributed by atoms with Gasteiger partial charge in [-0.25, -0.2) is 0 Å². The summed E-state index contributed by atoms with van der Waals surface area (Å²) in [5.74, 6) is -0.947. The molecule has 1 rings (SSSR count). The van der Waals surface area contributed by atoms with Gasteiger partial charge in [0.1, 0.15) is 6.42 Å². The summed E-state index contributed by atoms with van der Waals surface area (Å²) in [6.07, 6.45) is -3.42. The lowest BCUT2D eigenvalue weighted by atomic mass is 10.2. The van der Waals surface area contributed by atoms with E-state index < -0.39 is 18.4 Å². The zero-order valence-corrected chi connectivity index (χ0v) is 7.51. The van der Waals surface area contributed by atoms with E-state index in [4.69, 9.17) is 0 Å². The van der Waals surface area contributed by atoms with Crippen molar-refractivity contribution in [2.75, 3.05) is 0 Å². The van der Waals surface area contributed by atoms with Crippen molar-refractivity contribution in [2.24, 2.45) is 0 Å². The molecule has 0 atom stereocenters. The monoisotopic (exact) mass is 206 g/mol. The van der Waals surface area contributed by atoms with Crippen molar-refractivity contribution in [2.45, 2.75) is 26.1 Å².